The number of carbonyl (C=O) groups is 4. The van der Waals surface area contributed by atoms with Crippen molar-refractivity contribution in [2.45, 2.75) is 50.5 Å². The molecule has 0 unspecified atom stereocenters. The summed E-state index contributed by atoms with van der Waals surface area (Å²) < 4.78 is 0. The van der Waals surface area contributed by atoms with Crippen molar-refractivity contribution in [3.8, 4) is 0 Å². The van der Waals surface area contributed by atoms with Gasteiger partial charge in [-0.2, -0.15) is 0 Å². The number of amides is 4. The summed E-state index contributed by atoms with van der Waals surface area (Å²) in [5.74, 6) is -1.53. The van der Waals surface area contributed by atoms with Crippen LogP contribution in [-0.2, 0) is 20.8 Å². The van der Waals surface area contributed by atoms with E-state index < -0.39 is 17.5 Å². The van der Waals surface area contributed by atoms with Crippen LogP contribution in [0, 0.1) is 5.92 Å². The second-order valence-electron chi connectivity index (χ2n) is 9.47. The van der Waals surface area contributed by atoms with Gasteiger partial charge in [0, 0.05) is 30.1 Å². The molecule has 1 saturated heterocycles. The van der Waals surface area contributed by atoms with E-state index in [1.54, 1.807) is 31.3 Å². The minimum Gasteiger partial charge on any atom is -0.323 e. The first kappa shape index (κ1) is 24.9. The Morgan fingerprint density at radius 1 is 1.06 bits per heavy atom. The SMILES string of the molecule is CN(C(=O)[C@@H](CC(=O)CN1C(=O)NC2(CCCCC2)C1=O)Cc1ccccc1)c1cccc(Cl)c1. The lowest BCUT2D eigenvalue weighted by Crippen LogP contribution is -2.48. The number of anilines is 1. The smallest absolute Gasteiger partial charge is 0.323 e. The van der Waals surface area contributed by atoms with E-state index in [1.165, 1.54) is 4.90 Å². The highest BCUT2D eigenvalue weighted by atomic mass is 35.5. The van der Waals surface area contributed by atoms with Crippen LogP contribution in [0.4, 0.5) is 10.5 Å². The summed E-state index contributed by atoms with van der Waals surface area (Å²) in [7, 11) is 1.65. The van der Waals surface area contributed by atoms with E-state index >= 15 is 0 Å². The number of nitrogens with zero attached hydrogens (tertiary/aromatic N) is 2. The molecule has 2 fully saturated rings. The summed E-state index contributed by atoms with van der Waals surface area (Å²) in [6, 6.07) is 15.9. The summed E-state index contributed by atoms with van der Waals surface area (Å²) in [5.41, 5.74) is 0.678. The van der Waals surface area contributed by atoms with Crippen molar-refractivity contribution >= 4 is 40.9 Å². The molecule has 2 aliphatic rings. The molecule has 1 aliphatic heterocycles. The summed E-state index contributed by atoms with van der Waals surface area (Å²) in [6.07, 6.45) is 4.26. The summed E-state index contributed by atoms with van der Waals surface area (Å²) in [6.45, 7) is -0.328. The Bertz CT molecular complexity index is 1110. The fraction of sp³-hybridized carbons (Fsp3) is 0.407. The van der Waals surface area contributed by atoms with Crippen LogP contribution < -0.4 is 10.2 Å². The number of halogens is 1. The van der Waals surface area contributed by atoms with Crippen LogP contribution in [-0.4, -0.2) is 47.7 Å². The monoisotopic (exact) mass is 495 g/mol. The van der Waals surface area contributed by atoms with Crippen LogP contribution in [0.2, 0.25) is 5.02 Å². The van der Waals surface area contributed by atoms with E-state index in [0.29, 0.717) is 30.0 Å². The fourth-order valence-corrected chi connectivity index (χ4v) is 5.25. The first-order valence-corrected chi connectivity index (χ1v) is 12.4. The van der Waals surface area contributed by atoms with Gasteiger partial charge in [-0.05, 0) is 43.0 Å². The minimum absolute atomic E-state index is 0.0807. The third-order valence-corrected chi connectivity index (χ3v) is 7.20. The molecule has 1 spiro atoms. The van der Waals surface area contributed by atoms with Gasteiger partial charge in [0.05, 0.1) is 6.54 Å². The highest BCUT2D eigenvalue weighted by molar-refractivity contribution is 6.30. The topological polar surface area (TPSA) is 86.8 Å². The summed E-state index contributed by atoms with van der Waals surface area (Å²) in [5, 5.41) is 3.34. The molecule has 1 N–H and O–H groups in total. The Morgan fingerprint density at radius 3 is 2.46 bits per heavy atom. The number of rotatable bonds is 8. The van der Waals surface area contributed by atoms with Crippen molar-refractivity contribution in [2.75, 3.05) is 18.5 Å². The number of nitrogens with one attached hydrogen (secondary N) is 1. The number of imide groups is 1. The van der Waals surface area contributed by atoms with Gasteiger partial charge in [-0.15, -0.1) is 0 Å². The van der Waals surface area contributed by atoms with Gasteiger partial charge in [0.1, 0.15) is 5.54 Å². The number of benzene rings is 2. The molecule has 2 aromatic rings. The molecule has 4 rings (SSSR count). The molecular formula is C27H30ClN3O4. The molecule has 1 atom stereocenters. The third-order valence-electron chi connectivity index (χ3n) is 6.96. The average Bonchev–Trinajstić information content (AvgIpc) is 3.07. The largest absolute Gasteiger partial charge is 0.325 e. The van der Waals surface area contributed by atoms with Crippen molar-refractivity contribution < 1.29 is 19.2 Å². The quantitative estimate of drug-likeness (QED) is 0.551. The number of Topliss-reactive ketones (excluding diaryl/α,β-unsaturated/α-hetero) is 1. The van der Waals surface area contributed by atoms with Crippen LogP contribution in [0.15, 0.2) is 54.6 Å². The Kier molecular flexibility index (Phi) is 7.55. The van der Waals surface area contributed by atoms with Gasteiger partial charge in [-0.25, -0.2) is 4.79 Å². The number of hydrogen-bond acceptors (Lipinski definition) is 4. The molecule has 184 valence electrons. The van der Waals surface area contributed by atoms with E-state index in [9.17, 15) is 19.2 Å². The van der Waals surface area contributed by atoms with Gasteiger partial charge in [0.2, 0.25) is 5.91 Å². The molecule has 4 amide bonds. The second kappa shape index (κ2) is 10.6. The van der Waals surface area contributed by atoms with Crippen LogP contribution in [0.3, 0.4) is 0 Å². The zero-order valence-corrected chi connectivity index (χ0v) is 20.6. The van der Waals surface area contributed by atoms with E-state index in [1.807, 2.05) is 30.3 Å². The molecule has 7 nitrogen and oxygen atoms in total. The highest BCUT2D eigenvalue weighted by Gasteiger charge is 2.51. The lowest BCUT2D eigenvalue weighted by molar-refractivity contribution is -0.136. The summed E-state index contributed by atoms with van der Waals surface area (Å²) in [4.78, 5) is 54.8. The van der Waals surface area contributed by atoms with Gasteiger partial charge in [-0.3, -0.25) is 19.3 Å². The van der Waals surface area contributed by atoms with Crippen molar-refractivity contribution in [1.82, 2.24) is 10.2 Å². The Morgan fingerprint density at radius 2 is 1.77 bits per heavy atom. The van der Waals surface area contributed by atoms with E-state index in [-0.39, 0.29) is 30.6 Å². The van der Waals surface area contributed by atoms with Gasteiger partial charge < -0.3 is 10.2 Å². The molecule has 1 aliphatic carbocycles. The zero-order chi connectivity index (χ0) is 25.0. The predicted molar refractivity (Wildman–Crippen MR) is 134 cm³/mol. The van der Waals surface area contributed by atoms with Gasteiger partial charge in [0.15, 0.2) is 5.78 Å². The molecule has 0 aromatic heterocycles. The Labute approximate surface area is 210 Å². The zero-order valence-electron chi connectivity index (χ0n) is 19.8. The van der Waals surface area contributed by atoms with Gasteiger partial charge in [0.25, 0.3) is 5.91 Å². The molecule has 35 heavy (non-hydrogen) atoms. The van der Waals surface area contributed by atoms with E-state index in [4.69, 9.17) is 11.6 Å². The molecule has 8 heteroatoms. The normalized spacial score (nSPS) is 17.8. The van der Waals surface area contributed by atoms with Gasteiger partial charge >= 0.3 is 6.03 Å². The standard InChI is InChI=1S/C27H30ClN3O4/c1-30(22-12-8-11-21(28)17-22)24(33)20(15-19-9-4-2-5-10-19)16-23(32)18-31-25(34)27(29-26(31)35)13-6-3-7-14-27/h2,4-5,8-12,17,20H,3,6-7,13-16,18H2,1H3,(H,29,35)/t20-/m1/s1. The lowest BCUT2D eigenvalue weighted by atomic mass is 9.81. The molecule has 1 heterocycles. The number of carbonyl (C=O) groups excluding carboxylic acids is 4. The average molecular weight is 496 g/mol. The predicted octanol–water partition coefficient (Wildman–Crippen LogP) is 4.38. The Hall–Kier alpha value is -3.19. The summed E-state index contributed by atoms with van der Waals surface area (Å²) >= 11 is 6.10. The van der Waals surface area contributed by atoms with Crippen molar-refractivity contribution in [3.05, 3.63) is 65.2 Å². The van der Waals surface area contributed by atoms with Gasteiger partial charge in [-0.1, -0.05) is 67.3 Å². The third kappa shape index (κ3) is 5.56. The Balaban J connectivity index is 1.49. The highest BCUT2D eigenvalue weighted by Crippen LogP contribution is 2.33. The van der Waals surface area contributed by atoms with E-state index in [2.05, 4.69) is 5.32 Å². The molecular weight excluding hydrogens is 466 g/mol. The number of ketones is 1. The van der Waals surface area contributed by atoms with Crippen molar-refractivity contribution in [2.24, 2.45) is 5.92 Å². The van der Waals surface area contributed by atoms with E-state index in [0.717, 1.165) is 29.7 Å². The molecule has 0 bridgehead atoms. The second-order valence-corrected chi connectivity index (χ2v) is 9.91. The lowest BCUT2D eigenvalue weighted by Gasteiger charge is -2.30. The van der Waals surface area contributed by atoms with Crippen molar-refractivity contribution in [3.63, 3.8) is 0 Å². The first-order valence-electron chi connectivity index (χ1n) is 12.0. The molecule has 2 aromatic carbocycles. The van der Waals surface area contributed by atoms with Crippen LogP contribution >= 0.6 is 11.6 Å². The minimum atomic E-state index is -0.873. The number of urea groups is 1. The maximum Gasteiger partial charge on any atom is 0.325 e. The molecule has 1 saturated carbocycles. The maximum absolute atomic E-state index is 13.5. The van der Waals surface area contributed by atoms with Crippen molar-refractivity contribution in [1.29, 1.82) is 0 Å². The van der Waals surface area contributed by atoms with Crippen LogP contribution in [0.1, 0.15) is 44.1 Å². The first-order chi connectivity index (χ1) is 16.8. The van der Waals surface area contributed by atoms with Crippen LogP contribution in [0.5, 0.6) is 0 Å². The molecule has 0 radical (unpaired) electrons. The van der Waals surface area contributed by atoms with Crippen LogP contribution in [0.25, 0.3) is 0 Å². The maximum atomic E-state index is 13.5. The number of hydrogen-bond donors (Lipinski definition) is 1. The fourth-order valence-electron chi connectivity index (χ4n) is 5.06.